The summed E-state index contributed by atoms with van der Waals surface area (Å²) in [7, 11) is 1.48. The van der Waals surface area contributed by atoms with Crippen molar-refractivity contribution in [2.45, 2.75) is 0 Å². The van der Waals surface area contributed by atoms with Crippen LogP contribution in [0.25, 0.3) is 0 Å². The molecule has 0 saturated carbocycles. The molecule has 3 N–H and O–H groups in total. The molecule has 0 radical (unpaired) electrons. The average molecular weight is 261 g/mol. The van der Waals surface area contributed by atoms with Crippen molar-refractivity contribution in [2.75, 3.05) is 18.2 Å². The van der Waals surface area contributed by atoms with E-state index in [1.807, 2.05) is 0 Å². The van der Waals surface area contributed by atoms with Gasteiger partial charge in [-0.2, -0.15) is 0 Å². The molecule has 1 heterocycles. The predicted molar refractivity (Wildman–Crippen MR) is 69.6 cm³/mol. The maximum atomic E-state index is 13.0. The average Bonchev–Trinajstić information content (AvgIpc) is 2.41. The number of halogens is 1. The minimum atomic E-state index is -0.567. The van der Waals surface area contributed by atoms with Crippen LogP contribution in [-0.2, 0) is 0 Å². The van der Waals surface area contributed by atoms with Crippen molar-refractivity contribution in [1.82, 2.24) is 4.98 Å². The Morgan fingerprint density at radius 3 is 2.84 bits per heavy atom. The summed E-state index contributed by atoms with van der Waals surface area (Å²) in [4.78, 5) is 15.5. The van der Waals surface area contributed by atoms with Crippen molar-refractivity contribution in [1.29, 1.82) is 0 Å². The molecule has 2 rings (SSSR count). The molecule has 0 fully saturated rings. The van der Waals surface area contributed by atoms with E-state index in [9.17, 15) is 9.18 Å². The molecular formula is C13H12FN3O2. The number of pyridine rings is 1. The maximum absolute atomic E-state index is 13.0. The molecule has 6 heteroatoms. The van der Waals surface area contributed by atoms with Crippen LogP contribution in [0.2, 0.25) is 0 Å². The van der Waals surface area contributed by atoms with Crippen LogP contribution in [0.3, 0.4) is 0 Å². The molecule has 98 valence electrons. The zero-order chi connectivity index (χ0) is 13.8. The van der Waals surface area contributed by atoms with Gasteiger partial charge in [-0.1, -0.05) is 0 Å². The lowest BCUT2D eigenvalue weighted by molar-refractivity contribution is 0.102. The van der Waals surface area contributed by atoms with Gasteiger partial charge < -0.3 is 15.8 Å². The van der Waals surface area contributed by atoms with E-state index in [2.05, 4.69) is 10.3 Å². The second kappa shape index (κ2) is 5.34. The first kappa shape index (κ1) is 12.8. The number of ether oxygens (including phenoxy) is 1. The highest BCUT2D eigenvalue weighted by molar-refractivity contribution is 6.04. The molecule has 1 amide bonds. The van der Waals surface area contributed by atoms with Crippen LogP contribution >= 0.6 is 0 Å². The Bertz CT molecular complexity index is 617. The summed E-state index contributed by atoms with van der Waals surface area (Å²) in [5.41, 5.74) is 6.77. The quantitative estimate of drug-likeness (QED) is 0.829. The van der Waals surface area contributed by atoms with Gasteiger partial charge in [0.25, 0.3) is 5.91 Å². The summed E-state index contributed by atoms with van der Waals surface area (Å²) in [6.45, 7) is 0. The molecule has 5 nitrogen and oxygen atoms in total. The van der Waals surface area contributed by atoms with Crippen LogP contribution in [-0.4, -0.2) is 18.0 Å². The van der Waals surface area contributed by atoms with E-state index in [1.165, 1.54) is 13.3 Å². The summed E-state index contributed by atoms with van der Waals surface area (Å²) in [5, 5.41) is 2.61. The summed E-state index contributed by atoms with van der Waals surface area (Å²) in [6, 6.07) is 5.93. The minimum Gasteiger partial charge on any atom is -0.495 e. The molecule has 19 heavy (non-hydrogen) atoms. The Balaban J connectivity index is 2.19. The molecule has 0 unspecified atom stereocenters. The number of nitrogens with zero attached hydrogens (tertiary/aromatic N) is 1. The van der Waals surface area contributed by atoms with Gasteiger partial charge in [0.2, 0.25) is 0 Å². The third kappa shape index (κ3) is 2.98. The summed E-state index contributed by atoms with van der Waals surface area (Å²) in [6.07, 6.45) is 2.32. The smallest absolute Gasteiger partial charge is 0.257 e. The van der Waals surface area contributed by atoms with Gasteiger partial charge >= 0.3 is 0 Å². The van der Waals surface area contributed by atoms with Crippen LogP contribution in [0.5, 0.6) is 5.75 Å². The lowest BCUT2D eigenvalue weighted by Gasteiger charge is -2.09. The molecule has 1 aromatic heterocycles. The van der Waals surface area contributed by atoms with E-state index in [4.69, 9.17) is 10.5 Å². The number of nitrogen functional groups attached to an aromatic ring is 1. The van der Waals surface area contributed by atoms with Crippen molar-refractivity contribution >= 4 is 17.3 Å². The molecule has 2 aromatic rings. The molecule has 0 aliphatic rings. The van der Waals surface area contributed by atoms with E-state index >= 15 is 0 Å². The molecule has 0 aliphatic heterocycles. The summed E-state index contributed by atoms with van der Waals surface area (Å²) in [5.74, 6) is -0.573. The number of anilines is 2. The molecular weight excluding hydrogens is 249 g/mol. The van der Waals surface area contributed by atoms with E-state index in [0.29, 0.717) is 17.1 Å². The van der Waals surface area contributed by atoms with E-state index in [1.54, 1.807) is 18.2 Å². The normalized spacial score (nSPS) is 10.0. The van der Waals surface area contributed by atoms with Crippen LogP contribution in [0.4, 0.5) is 15.8 Å². The highest BCUT2D eigenvalue weighted by Crippen LogP contribution is 2.25. The number of nitrogens with one attached hydrogen (secondary N) is 1. The SMILES string of the molecule is COc1cc(NC(=O)c2cncc(F)c2)ccc1N. The standard InChI is InChI=1S/C13H12FN3O2/c1-19-12-5-10(2-3-11(12)15)17-13(18)8-4-9(14)7-16-6-8/h2-7H,15H2,1H3,(H,17,18). The van der Waals surface area contributed by atoms with E-state index < -0.39 is 11.7 Å². The third-order valence-electron chi connectivity index (χ3n) is 2.46. The zero-order valence-corrected chi connectivity index (χ0v) is 10.2. The molecule has 0 aliphatic carbocycles. The van der Waals surface area contributed by atoms with Crippen LogP contribution in [0.15, 0.2) is 36.7 Å². The van der Waals surface area contributed by atoms with Gasteiger partial charge in [0.05, 0.1) is 24.6 Å². The fourth-order valence-electron chi connectivity index (χ4n) is 1.53. The van der Waals surface area contributed by atoms with Crippen LogP contribution in [0.1, 0.15) is 10.4 Å². The van der Waals surface area contributed by atoms with Crippen molar-refractivity contribution in [3.05, 3.63) is 48.0 Å². The number of carbonyl (C=O) groups is 1. The molecule has 1 aromatic carbocycles. The number of carbonyl (C=O) groups excluding carboxylic acids is 1. The molecule has 0 spiro atoms. The highest BCUT2D eigenvalue weighted by Gasteiger charge is 2.09. The number of hydrogen-bond donors (Lipinski definition) is 2. The Hall–Kier alpha value is -2.63. The lowest BCUT2D eigenvalue weighted by atomic mass is 10.2. The van der Waals surface area contributed by atoms with Crippen molar-refractivity contribution in [2.24, 2.45) is 0 Å². The van der Waals surface area contributed by atoms with Gasteiger partial charge in [0, 0.05) is 18.0 Å². The highest BCUT2D eigenvalue weighted by atomic mass is 19.1. The third-order valence-corrected chi connectivity index (χ3v) is 2.46. The molecule has 0 bridgehead atoms. The first-order valence-electron chi connectivity index (χ1n) is 5.45. The second-order valence-corrected chi connectivity index (χ2v) is 3.80. The first-order chi connectivity index (χ1) is 9.10. The number of benzene rings is 1. The first-order valence-corrected chi connectivity index (χ1v) is 5.45. The molecule has 0 saturated heterocycles. The van der Waals surface area contributed by atoms with Crippen LogP contribution < -0.4 is 15.8 Å². The number of hydrogen-bond acceptors (Lipinski definition) is 4. The topological polar surface area (TPSA) is 77.2 Å². The number of methoxy groups -OCH3 is 1. The van der Waals surface area contributed by atoms with Gasteiger partial charge in [-0.3, -0.25) is 9.78 Å². The van der Waals surface area contributed by atoms with Crippen molar-refractivity contribution < 1.29 is 13.9 Å². The monoisotopic (exact) mass is 261 g/mol. The predicted octanol–water partition coefficient (Wildman–Crippen LogP) is 2.06. The Kier molecular flexibility index (Phi) is 3.61. The Morgan fingerprint density at radius 1 is 1.37 bits per heavy atom. The second-order valence-electron chi connectivity index (χ2n) is 3.80. The fraction of sp³-hybridized carbons (Fsp3) is 0.0769. The largest absolute Gasteiger partial charge is 0.495 e. The minimum absolute atomic E-state index is 0.135. The van der Waals surface area contributed by atoms with Crippen molar-refractivity contribution in [3.8, 4) is 5.75 Å². The molecule has 0 atom stereocenters. The summed E-state index contributed by atoms with van der Waals surface area (Å²) >= 11 is 0. The maximum Gasteiger partial charge on any atom is 0.257 e. The number of nitrogens with two attached hydrogens (primary N) is 1. The summed E-state index contributed by atoms with van der Waals surface area (Å²) < 4.78 is 18.0. The number of rotatable bonds is 3. The Morgan fingerprint density at radius 2 is 2.16 bits per heavy atom. The van der Waals surface area contributed by atoms with E-state index in [0.717, 1.165) is 12.3 Å². The van der Waals surface area contributed by atoms with Gasteiger partial charge in [-0.05, 0) is 18.2 Å². The van der Waals surface area contributed by atoms with E-state index in [-0.39, 0.29) is 5.56 Å². The van der Waals surface area contributed by atoms with Gasteiger partial charge in [-0.25, -0.2) is 4.39 Å². The van der Waals surface area contributed by atoms with Gasteiger partial charge in [0.15, 0.2) is 0 Å². The van der Waals surface area contributed by atoms with Gasteiger partial charge in [0.1, 0.15) is 11.6 Å². The fourth-order valence-corrected chi connectivity index (χ4v) is 1.53. The lowest BCUT2D eigenvalue weighted by Crippen LogP contribution is -2.12. The Labute approximate surface area is 109 Å². The number of amides is 1. The number of aromatic nitrogens is 1. The zero-order valence-electron chi connectivity index (χ0n) is 10.2. The van der Waals surface area contributed by atoms with Crippen molar-refractivity contribution in [3.63, 3.8) is 0 Å². The van der Waals surface area contributed by atoms with Crippen LogP contribution in [0, 0.1) is 5.82 Å². The van der Waals surface area contributed by atoms with Gasteiger partial charge in [-0.15, -0.1) is 0 Å².